The molecule has 150 valence electrons. The van der Waals surface area contributed by atoms with Crippen LogP contribution in [0.4, 0.5) is 10.5 Å². The molecule has 1 spiro atoms. The Balaban J connectivity index is 1.54. The maximum atomic E-state index is 13.0. The molecule has 2 aromatic carbocycles. The molecule has 6 nitrogen and oxygen atoms in total. The topological polar surface area (TPSA) is 78.5 Å². The van der Waals surface area contributed by atoms with Crippen molar-refractivity contribution in [3.63, 3.8) is 0 Å². The Morgan fingerprint density at radius 3 is 2.38 bits per heavy atom. The fourth-order valence-electron chi connectivity index (χ4n) is 4.30. The molecule has 2 fully saturated rings. The van der Waals surface area contributed by atoms with E-state index in [4.69, 9.17) is 0 Å². The molecule has 1 aliphatic carbocycles. The Hall–Kier alpha value is -3.15. The van der Waals surface area contributed by atoms with Crippen LogP contribution in [-0.4, -0.2) is 34.3 Å². The summed E-state index contributed by atoms with van der Waals surface area (Å²) in [6.45, 7) is 1.60. The van der Waals surface area contributed by atoms with Gasteiger partial charge in [-0.2, -0.15) is 0 Å². The molecule has 0 bridgehead atoms. The lowest BCUT2D eigenvalue weighted by Crippen LogP contribution is -2.50. The molecular weight excluding hydrogens is 366 g/mol. The van der Waals surface area contributed by atoms with Gasteiger partial charge in [-0.3, -0.25) is 9.59 Å². The van der Waals surface area contributed by atoms with Gasteiger partial charge in [0.25, 0.3) is 5.91 Å². The van der Waals surface area contributed by atoms with Gasteiger partial charge in [0.1, 0.15) is 11.6 Å². The maximum Gasteiger partial charge on any atom is 0.325 e. The Kier molecular flexibility index (Phi) is 5.09. The van der Waals surface area contributed by atoms with E-state index in [1.165, 1.54) is 0 Å². The van der Waals surface area contributed by atoms with Crippen LogP contribution in [0.5, 0.6) is 0 Å². The van der Waals surface area contributed by atoms with Gasteiger partial charge in [0.2, 0.25) is 5.91 Å². The fraction of sp³-hybridized carbons (Fsp3) is 0.348. The molecule has 2 aromatic rings. The number of amides is 4. The summed E-state index contributed by atoms with van der Waals surface area (Å²) in [6, 6.07) is 15.9. The third-order valence-corrected chi connectivity index (χ3v) is 5.94. The number of para-hydroxylation sites is 1. The molecule has 0 unspecified atom stereocenters. The van der Waals surface area contributed by atoms with Gasteiger partial charge < -0.3 is 10.6 Å². The van der Waals surface area contributed by atoms with E-state index in [2.05, 4.69) is 10.6 Å². The van der Waals surface area contributed by atoms with E-state index in [0.29, 0.717) is 18.5 Å². The first-order valence-corrected chi connectivity index (χ1v) is 10.1. The summed E-state index contributed by atoms with van der Waals surface area (Å²) in [6.07, 6.45) is 4.16. The number of nitrogens with one attached hydrogen (secondary N) is 2. The van der Waals surface area contributed by atoms with Gasteiger partial charge in [-0.25, -0.2) is 9.69 Å². The minimum atomic E-state index is -0.896. The summed E-state index contributed by atoms with van der Waals surface area (Å²) in [5.74, 6) is -0.661. The second-order valence-corrected chi connectivity index (χ2v) is 7.82. The van der Waals surface area contributed by atoms with E-state index in [9.17, 15) is 14.4 Å². The van der Waals surface area contributed by atoms with Crippen molar-refractivity contribution in [3.8, 4) is 11.1 Å². The Labute approximate surface area is 170 Å². The lowest BCUT2D eigenvalue weighted by atomic mass is 9.81. The van der Waals surface area contributed by atoms with Gasteiger partial charge in [-0.15, -0.1) is 0 Å². The zero-order chi connectivity index (χ0) is 20.4. The fourth-order valence-corrected chi connectivity index (χ4v) is 4.30. The zero-order valence-corrected chi connectivity index (χ0v) is 16.5. The van der Waals surface area contributed by atoms with Gasteiger partial charge in [0, 0.05) is 11.3 Å². The van der Waals surface area contributed by atoms with Crippen molar-refractivity contribution in [2.75, 3.05) is 5.32 Å². The van der Waals surface area contributed by atoms with E-state index >= 15 is 0 Å². The molecule has 2 N–H and O–H groups in total. The number of imide groups is 1. The summed E-state index contributed by atoms with van der Waals surface area (Å²) in [5, 5.41) is 5.77. The molecule has 1 saturated carbocycles. The number of carbonyl (C=O) groups excluding carboxylic acids is 3. The minimum absolute atomic E-state index is 0.277. The molecular formula is C23H25N3O3. The number of hydrogen-bond acceptors (Lipinski definition) is 3. The molecule has 0 radical (unpaired) electrons. The van der Waals surface area contributed by atoms with Crippen molar-refractivity contribution in [1.29, 1.82) is 0 Å². The largest absolute Gasteiger partial charge is 0.325 e. The molecule has 4 rings (SSSR count). The van der Waals surface area contributed by atoms with Crippen LogP contribution in [0.3, 0.4) is 0 Å². The molecule has 1 aliphatic heterocycles. The molecule has 2 aliphatic rings. The van der Waals surface area contributed by atoms with Gasteiger partial charge in [0.15, 0.2) is 0 Å². The highest BCUT2D eigenvalue weighted by atomic mass is 16.2. The highest BCUT2D eigenvalue weighted by Gasteiger charge is 2.53. The van der Waals surface area contributed by atoms with Crippen molar-refractivity contribution in [2.45, 2.75) is 50.6 Å². The van der Waals surface area contributed by atoms with E-state index in [0.717, 1.165) is 35.3 Å². The van der Waals surface area contributed by atoms with Crippen LogP contribution in [0.25, 0.3) is 11.1 Å². The van der Waals surface area contributed by atoms with Crippen LogP contribution < -0.4 is 10.6 Å². The van der Waals surface area contributed by atoms with Crippen molar-refractivity contribution < 1.29 is 14.4 Å². The molecule has 0 aromatic heterocycles. The summed E-state index contributed by atoms with van der Waals surface area (Å²) in [7, 11) is 0. The lowest BCUT2D eigenvalue weighted by molar-refractivity contribution is -0.137. The summed E-state index contributed by atoms with van der Waals surface area (Å²) in [4.78, 5) is 39.7. The third-order valence-electron chi connectivity index (χ3n) is 5.94. The van der Waals surface area contributed by atoms with Crippen LogP contribution in [-0.2, 0) is 9.59 Å². The molecule has 1 saturated heterocycles. The van der Waals surface area contributed by atoms with Crippen LogP contribution in [0, 0.1) is 0 Å². The summed E-state index contributed by atoms with van der Waals surface area (Å²) in [5.41, 5.74) is 1.68. The SMILES string of the molecule is C[C@@H](C(=O)Nc1ccccc1-c1ccccc1)N1C(=O)NC2(CCCCC2)C1=O. The van der Waals surface area contributed by atoms with E-state index in [1.807, 2.05) is 54.6 Å². The average Bonchev–Trinajstić information content (AvgIpc) is 2.98. The van der Waals surface area contributed by atoms with Crippen LogP contribution in [0.15, 0.2) is 54.6 Å². The highest BCUT2D eigenvalue weighted by Crippen LogP contribution is 2.35. The normalized spacial score (nSPS) is 19.1. The first kappa shape index (κ1) is 19.2. The van der Waals surface area contributed by atoms with Gasteiger partial charge >= 0.3 is 6.03 Å². The number of anilines is 1. The molecule has 6 heteroatoms. The first-order chi connectivity index (χ1) is 14.0. The Bertz CT molecular complexity index is 935. The Morgan fingerprint density at radius 1 is 1.00 bits per heavy atom. The highest BCUT2D eigenvalue weighted by molar-refractivity contribution is 6.11. The van der Waals surface area contributed by atoms with Gasteiger partial charge in [-0.1, -0.05) is 67.8 Å². The smallest absolute Gasteiger partial charge is 0.324 e. The summed E-state index contributed by atoms with van der Waals surface area (Å²) >= 11 is 0. The third kappa shape index (κ3) is 3.50. The number of hydrogen-bond donors (Lipinski definition) is 2. The van der Waals surface area contributed by atoms with Gasteiger partial charge in [0.05, 0.1) is 0 Å². The molecule has 1 atom stereocenters. The molecule has 4 amide bonds. The van der Waals surface area contributed by atoms with Crippen LogP contribution in [0.1, 0.15) is 39.0 Å². The number of urea groups is 1. The predicted octanol–water partition coefficient (Wildman–Crippen LogP) is 3.94. The number of benzene rings is 2. The second-order valence-electron chi connectivity index (χ2n) is 7.82. The van der Waals surface area contributed by atoms with Crippen molar-refractivity contribution in [3.05, 3.63) is 54.6 Å². The van der Waals surface area contributed by atoms with E-state index < -0.39 is 17.6 Å². The standard InChI is InChI=1S/C23H25N3O3/c1-16(26-21(28)23(25-22(26)29)14-8-3-9-15-23)20(27)24-19-13-7-6-12-18(19)17-10-4-2-5-11-17/h2,4-7,10-13,16H,3,8-9,14-15H2,1H3,(H,24,27)(H,25,29)/t16-/m0/s1. The minimum Gasteiger partial charge on any atom is -0.324 e. The predicted molar refractivity (Wildman–Crippen MR) is 111 cm³/mol. The second kappa shape index (κ2) is 7.70. The Morgan fingerprint density at radius 2 is 1.66 bits per heavy atom. The van der Waals surface area contributed by atoms with Gasteiger partial charge in [-0.05, 0) is 31.4 Å². The van der Waals surface area contributed by atoms with Crippen molar-refractivity contribution in [2.24, 2.45) is 0 Å². The monoisotopic (exact) mass is 391 g/mol. The van der Waals surface area contributed by atoms with Crippen LogP contribution in [0.2, 0.25) is 0 Å². The number of carbonyl (C=O) groups is 3. The van der Waals surface area contributed by atoms with Crippen molar-refractivity contribution in [1.82, 2.24) is 10.2 Å². The van der Waals surface area contributed by atoms with Crippen molar-refractivity contribution >= 4 is 23.5 Å². The molecule has 29 heavy (non-hydrogen) atoms. The van der Waals surface area contributed by atoms with E-state index in [-0.39, 0.29) is 11.8 Å². The number of nitrogens with zero attached hydrogens (tertiary/aromatic N) is 1. The lowest BCUT2D eigenvalue weighted by Gasteiger charge is -2.31. The zero-order valence-electron chi connectivity index (χ0n) is 16.5. The van der Waals surface area contributed by atoms with E-state index in [1.54, 1.807) is 6.92 Å². The maximum absolute atomic E-state index is 13.0. The average molecular weight is 391 g/mol. The quantitative estimate of drug-likeness (QED) is 0.775. The van der Waals surface area contributed by atoms with Crippen LogP contribution >= 0.6 is 0 Å². The number of rotatable bonds is 4. The first-order valence-electron chi connectivity index (χ1n) is 10.1. The summed E-state index contributed by atoms with van der Waals surface area (Å²) < 4.78 is 0. The molecule has 1 heterocycles.